The van der Waals surface area contributed by atoms with Gasteiger partial charge in [0.25, 0.3) is 0 Å². The predicted octanol–water partition coefficient (Wildman–Crippen LogP) is 4.99. The molecule has 4 atom stereocenters. The number of hydrogen-bond donors (Lipinski definition) is 1. The molecule has 3 aliphatic carbocycles. The van der Waals surface area contributed by atoms with Crippen LogP contribution in [0.25, 0.3) is 0 Å². The highest BCUT2D eigenvalue weighted by Crippen LogP contribution is 2.60. The molecule has 0 unspecified atom stereocenters. The van der Waals surface area contributed by atoms with Gasteiger partial charge in [0.15, 0.2) is 0 Å². The Balaban J connectivity index is 1.64. The van der Waals surface area contributed by atoms with Crippen LogP contribution in [0.4, 0.5) is 4.79 Å². The maximum atomic E-state index is 10.7. The second-order valence-electron chi connectivity index (χ2n) is 7.73. The first-order chi connectivity index (χ1) is 10.6. The van der Waals surface area contributed by atoms with Crippen LogP contribution < -0.4 is 4.74 Å². The molecule has 2 fully saturated rings. The van der Waals surface area contributed by atoms with Gasteiger partial charge in [0, 0.05) is 0 Å². The van der Waals surface area contributed by atoms with Crippen molar-refractivity contribution in [1.82, 2.24) is 0 Å². The molecular formula is C19H24O3. The third-order valence-electron chi connectivity index (χ3n) is 6.68. The Morgan fingerprint density at radius 1 is 1.27 bits per heavy atom. The molecule has 0 aliphatic heterocycles. The summed E-state index contributed by atoms with van der Waals surface area (Å²) < 4.78 is 4.82. The lowest BCUT2D eigenvalue weighted by molar-refractivity contribution is 0.0598. The minimum Gasteiger partial charge on any atom is -0.449 e. The molecule has 0 aromatic heterocycles. The van der Waals surface area contributed by atoms with Crippen LogP contribution in [0, 0.1) is 17.3 Å². The third-order valence-corrected chi connectivity index (χ3v) is 6.68. The van der Waals surface area contributed by atoms with Crippen molar-refractivity contribution in [2.24, 2.45) is 17.3 Å². The first kappa shape index (κ1) is 14.1. The monoisotopic (exact) mass is 300 g/mol. The van der Waals surface area contributed by atoms with Crippen LogP contribution in [0.1, 0.15) is 62.5 Å². The van der Waals surface area contributed by atoms with E-state index in [4.69, 9.17) is 9.84 Å². The molecule has 0 heterocycles. The quantitative estimate of drug-likeness (QED) is 0.587. The molecule has 0 amide bonds. The highest BCUT2D eigenvalue weighted by molar-refractivity contribution is 5.61. The molecule has 0 bridgehead atoms. The van der Waals surface area contributed by atoms with Crippen LogP contribution in [0.5, 0.6) is 5.75 Å². The smallest absolute Gasteiger partial charge is 0.449 e. The van der Waals surface area contributed by atoms with Crippen LogP contribution in [0.3, 0.4) is 0 Å². The number of aryl methyl sites for hydroxylation is 1. The van der Waals surface area contributed by atoms with Crippen LogP contribution in [0.15, 0.2) is 18.2 Å². The number of carbonyl (C=O) groups is 1. The van der Waals surface area contributed by atoms with Crippen LogP contribution in [-0.4, -0.2) is 11.3 Å². The van der Waals surface area contributed by atoms with Gasteiger partial charge in [-0.3, -0.25) is 0 Å². The summed E-state index contributed by atoms with van der Waals surface area (Å²) in [5, 5.41) is 8.77. The number of carboxylic acid groups (broad SMARTS) is 1. The fourth-order valence-electron chi connectivity index (χ4n) is 5.72. The van der Waals surface area contributed by atoms with E-state index >= 15 is 0 Å². The standard InChI is InChI=1S/C19H24O3/c1-19-9-2-3-17(19)16-6-4-12-11-13(22-18(20)21)5-7-14(12)15(16)8-10-19/h5,7,11,15-17H,2-4,6,8-10H2,1H3,(H,20,21)/t15-,16-,17+,19+/m1/s1. The molecular weight excluding hydrogens is 276 g/mol. The van der Waals surface area contributed by atoms with Gasteiger partial charge in [-0.05, 0) is 85.0 Å². The molecule has 22 heavy (non-hydrogen) atoms. The minimum atomic E-state index is -1.23. The second-order valence-corrected chi connectivity index (χ2v) is 7.73. The summed E-state index contributed by atoms with van der Waals surface area (Å²) in [6, 6.07) is 5.90. The number of benzene rings is 1. The lowest BCUT2D eigenvalue weighted by Gasteiger charge is -2.49. The molecule has 0 saturated heterocycles. The fourth-order valence-corrected chi connectivity index (χ4v) is 5.72. The summed E-state index contributed by atoms with van der Waals surface area (Å²) >= 11 is 0. The molecule has 3 heteroatoms. The number of hydrogen-bond acceptors (Lipinski definition) is 2. The van der Waals surface area contributed by atoms with E-state index in [1.807, 2.05) is 12.1 Å². The average Bonchev–Trinajstić information content (AvgIpc) is 2.88. The van der Waals surface area contributed by atoms with Crippen molar-refractivity contribution in [2.45, 2.75) is 57.8 Å². The molecule has 0 spiro atoms. The van der Waals surface area contributed by atoms with Crippen molar-refractivity contribution in [3.8, 4) is 5.75 Å². The average molecular weight is 300 g/mol. The molecule has 1 N–H and O–H groups in total. The van der Waals surface area contributed by atoms with Gasteiger partial charge < -0.3 is 9.84 Å². The molecule has 118 valence electrons. The zero-order chi connectivity index (χ0) is 15.3. The molecule has 0 radical (unpaired) electrons. The summed E-state index contributed by atoms with van der Waals surface area (Å²) in [5.41, 5.74) is 3.36. The largest absolute Gasteiger partial charge is 0.511 e. The number of rotatable bonds is 1. The van der Waals surface area contributed by atoms with E-state index in [9.17, 15) is 4.79 Å². The highest BCUT2D eigenvalue weighted by Gasteiger charge is 2.50. The van der Waals surface area contributed by atoms with Gasteiger partial charge >= 0.3 is 6.16 Å². The van der Waals surface area contributed by atoms with E-state index in [1.54, 1.807) is 0 Å². The topological polar surface area (TPSA) is 46.5 Å². The molecule has 4 rings (SSSR count). The summed E-state index contributed by atoms with van der Waals surface area (Å²) in [6.45, 7) is 2.51. The van der Waals surface area contributed by atoms with Crippen LogP contribution >= 0.6 is 0 Å². The van der Waals surface area contributed by atoms with Gasteiger partial charge in [-0.2, -0.15) is 0 Å². The fraction of sp³-hybridized carbons (Fsp3) is 0.632. The maximum absolute atomic E-state index is 10.7. The zero-order valence-electron chi connectivity index (χ0n) is 13.2. The van der Waals surface area contributed by atoms with E-state index < -0.39 is 6.16 Å². The number of fused-ring (bicyclic) bond motifs is 5. The minimum absolute atomic E-state index is 0.464. The third kappa shape index (κ3) is 2.13. The van der Waals surface area contributed by atoms with Crippen LogP contribution in [0.2, 0.25) is 0 Å². The second kappa shape index (κ2) is 5.00. The Labute approximate surface area is 131 Å². The van der Waals surface area contributed by atoms with E-state index in [0.717, 1.165) is 18.3 Å². The molecule has 3 nitrogen and oxygen atoms in total. The Morgan fingerprint density at radius 2 is 2.14 bits per heavy atom. The normalized spacial score (nSPS) is 36.1. The molecule has 3 aliphatic rings. The summed E-state index contributed by atoms with van der Waals surface area (Å²) in [4.78, 5) is 10.7. The van der Waals surface area contributed by atoms with Crippen molar-refractivity contribution in [3.63, 3.8) is 0 Å². The molecule has 2 saturated carbocycles. The first-order valence-electron chi connectivity index (χ1n) is 8.60. The van der Waals surface area contributed by atoms with Gasteiger partial charge in [-0.15, -0.1) is 0 Å². The van der Waals surface area contributed by atoms with E-state index in [-0.39, 0.29) is 0 Å². The first-order valence-corrected chi connectivity index (χ1v) is 8.60. The Morgan fingerprint density at radius 3 is 2.95 bits per heavy atom. The van der Waals surface area contributed by atoms with Gasteiger partial charge in [0.2, 0.25) is 0 Å². The van der Waals surface area contributed by atoms with Gasteiger partial charge in [-0.1, -0.05) is 19.4 Å². The van der Waals surface area contributed by atoms with Crippen LogP contribution in [-0.2, 0) is 6.42 Å². The van der Waals surface area contributed by atoms with Gasteiger partial charge in [-0.25, -0.2) is 4.79 Å². The van der Waals surface area contributed by atoms with Crippen molar-refractivity contribution in [2.75, 3.05) is 0 Å². The summed E-state index contributed by atoms with van der Waals surface area (Å²) in [7, 11) is 0. The Bertz CT molecular complexity index is 609. The maximum Gasteiger partial charge on any atom is 0.511 e. The van der Waals surface area contributed by atoms with Crippen molar-refractivity contribution >= 4 is 6.16 Å². The Kier molecular flexibility index (Phi) is 3.21. The van der Waals surface area contributed by atoms with Crippen molar-refractivity contribution in [3.05, 3.63) is 29.3 Å². The van der Waals surface area contributed by atoms with Gasteiger partial charge in [0.1, 0.15) is 5.75 Å². The number of ether oxygens (including phenoxy) is 1. The SMILES string of the molecule is C[C@@]12CCC[C@H]1[C@@H]1CCc3cc(OC(=O)O)ccc3[C@H]1CC2. The summed E-state index contributed by atoms with van der Waals surface area (Å²) in [6.07, 6.45) is 7.98. The molecule has 1 aromatic rings. The van der Waals surface area contributed by atoms with Gasteiger partial charge in [0.05, 0.1) is 0 Å². The highest BCUT2D eigenvalue weighted by atomic mass is 16.7. The van der Waals surface area contributed by atoms with E-state index in [2.05, 4.69) is 13.0 Å². The lowest BCUT2D eigenvalue weighted by Crippen LogP contribution is -2.39. The van der Waals surface area contributed by atoms with Crippen molar-refractivity contribution in [1.29, 1.82) is 0 Å². The summed E-state index contributed by atoms with van der Waals surface area (Å²) in [5.74, 6) is 2.87. The predicted molar refractivity (Wildman–Crippen MR) is 84.3 cm³/mol. The van der Waals surface area contributed by atoms with Crippen molar-refractivity contribution < 1.29 is 14.6 Å². The van der Waals surface area contributed by atoms with E-state index in [0.29, 0.717) is 17.1 Å². The lowest BCUT2D eigenvalue weighted by atomic mass is 9.56. The zero-order valence-corrected chi connectivity index (χ0v) is 13.2. The molecule has 1 aromatic carbocycles. The Hall–Kier alpha value is -1.51. The van der Waals surface area contributed by atoms with E-state index in [1.165, 1.54) is 49.7 Å².